The highest BCUT2D eigenvalue weighted by Gasteiger charge is 2.42. The first-order valence-corrected chi connectivity index (χ1v) is 25.0. The summed E-state index contributed by atoms with van der Waals surface area (Å²) in [5.74, 6) is -2.34. The van der Waals surface area contributed by atoms with E-state index in [0.29, 0.717) is 71.4 Å². The summed E-state index contributed by atoms with van der Waals surface area (Å²) in [6.07, 6.45) is -1.08. The van der Waals surface area contributed by atoms with Crippen molar-refractivity contribution < 1.29 is 51.0 Å². The molecule has 72 heavy (non-hydrogen) atoms. The van der Waals surface area contributed by atoms with Crippen molar-refractivity contribution in [2.24, 2.45) is 5.41 Å². The minimum atomic E-state index is -4.81. The van der Waals surface area contributed by atoms with Crippen LogP contribution in [0.2, 0.25) is 0 Å². The molecule has 4 aromatic rings. The van der Waals surface area contributed by atoms with E-state index < -0.39 is 58.0 Å². The molecule has 20 heteroatoms. The summed E-state index contributed by atoms with van der Waals surface area (Å²) in [4.78, 5) is 63.3. The molecule has 1 aliphatic rings. The number of hydrogen-bond acceptors (Lipinski definition) is 11. The van der Waals surface area contributed by atoms with Gasteiger partial charge in [0.15, 0.2) is 11.6 Å². The number of alkyl halides is 3. The molecule has 5 rings (SSSR count). The summed E-state index contributed by atoms with van der Waals surface area (Å²) in [6, 6.07) is 15.0. The number of carbonyl (C=O) groups excluding carboxylic acids is 4. The van der Waals surface area contributed by atoms with Crippen LogP contribution in [0.5, 0.6) is 5.75 Å². The summed E-state index contributed by atoms with van der Waals surface area (Å²) in [6.45, 7) is 12.5. The molecule has 0 unspecified atom stereocenters. The number of rotatable bonds is 24. The molecule has 2 atom stereocenters. The number of aromatic nitrogens is 1. The summed E-state index contributed by atoms with van der Waals surface area (Å²) < 4.78 is 73.1. The number of hydrogen-bond donors (Lipinski definition) is 2. The van der Waals surface area contributed by atoms with Gasteiger partial charge in [-0.25, -0.2) is 9.37 Å². The monoisotopic (exact) mass is 1040 g/mol. The molecular weight excluding hydrogens is 975 g/mol. The van der Waals surface area contributed by atoms with E-state index in [4.69, 9.17) is 31.7 Å². The van der Waals surface area contributed by atoms with Crippen molar-refractivity contribution >= 4 is 64.0 Å². The maximum Gasteiger partial charge on any atom is 0.417 e. The predicted molar refractivity (Wildman–Crippen MR) is 272 cm³/mol. The molecule has 4 amide bonds. The fraction of sp³-hybridized carbons (Fsp3) is 0.481. The number of ether oxygens (including phenoxy) is 3. The van der Waals surface area contributed by atoms with Gasteiger partial charge < -0.3 is 39.5 Å². The normalized spacial score (nSPS) is 14.3. The third-order valence-electron chi connectivity index (χ3n) is 12.2. The van der Waals surface area contributed by atoms with Gasteiger partial charge in [0, 0.05) is 57.4 Å². The molecule has 3 aromatic carbocycles. The van der Waals surface area contributed by atoms with Gasteiger partial charge in [0.05, 0.1) is 45.4 Å². The van der Waals surface area contributed by atoms with E-state index in [1.54, 1.807) is 16.2 Å². The first-order chi connectivity index (χ1) is 34.1. The number of nitrogens with one attached hydrogen (secondary N) is 2. The molecule has 0 bridgehead atoms. The average molecular weight is 1040 g/mol. The zero-order valence-electron chi connectivity index (χ0n) is 41.7. The van der Waals surface area contributed by atoms with Crippen LogP contribution >= 0.6 is 23.6 Å². The molecule has 2 N–H and O–H groups in total. The number of unbranched alkanes of at least 4 members (excludes halogenated alkanes) is 2. The Kier molecular flexibility index (Phi) is 20.2. The number of likely N-dealkylation sites (N-methyl/N-ethyl adjacent to an activating group) is 1. The molecule has 1 aliphatic heterocycles. The topological polar surface area (TPSA) is 166 Å². The summed E-state index contributed by atoms with van der Waals surface area (Å²) in [5, 5.41) is 15.0. The van der Waals surface area contributed by atoms with Gasteiger partial charge in [-0.3, -0.25) is 19.2 Å². The van der Waals surface area contributed by atoms with Gasteiger partial charge >= 0.3 is 6.18 Å². The number of aryl methyl sites for hydroxylation is 1. The number of benzene rings is 3. The summed E-state index contributed by atoms with van der Waals surface area (Å²) in [7, 11) is 1.30. The predicted octanol–water partition coefficient (Wildman–Crippen LogP) is 9.16. The third kappa shape index (κ3) is 15.0. The van der Waals surface area contributed by atoms with Gasteiger partial charge in [0.2, 0.25) is 17.7 Å². The smallest absolute Gasteiger partial charge is 0.417 e. The Morgan fingerprint density at radius 1 is 0.944 bits per heavy atom. The summed E-state index contributed by atoms with van der Waals surface area (Å²) >= 11 is 6.76. The van der Waals surface area contributed by atoms with Crippen molar-refractivity contribution in [1.82, 2.24) is 20.5 Å². The van der Waals surface area contributed by atoms with E-state index in [9.17, 15) is 32.3 Å². The number of carbonyl (C=O) groups is 4. The average Bonchev–Trinajstić information content (AvgIpc) is 4.02. The van der Waals surface area contributed by atoms with Crippen LogP contribution in [0.4, 0.5) is 28.9 Å². The van der Waals surface area contributed by atoms with Gasteiger partial charge in [-0.2, -0.15) is 18.4 Å². The molecule has 0 spiro atoms. The van der Waals surface area contributed by atoms with Gasteiger partial charge in [0.25, 0.3) is 5.91 Å². The number of anilines is 2. The Morgan fingerprint density at radius 2 is 1.60 bits per heavy atom. The van der Waals surface area contributed by atoms with Crippen molar-refractivity contribution in [1.29, 1.82) is 5.26 Å². The molecular formula is C52H63F4N7O7S2. The molecule has 1 saturated heterocycles. The first kappa shape index (κ1) is 56.9. The van der Waals surface area contributed by atoms with Gasteiger partial charge in [-0.1, -0.05) is 57.3 Å². The van der Waals surface area contributed by atoms with Crippen LogP contribution in [0.25, 0.3) is 10.4 Å². The molecule has 0 radical (unpaired) electrons. The van der Waals surface area contributed by atoms with Gasteiger partial charge in [-0.05, 0) is 106 Å². The molecule has 14 nitrogen and oxygen atoms in total. The van der Waals surface area contributed by atoms with E-state index in [2.05, 4.69) is 15.6 Å². The second-order valence-electron chi connectivity index (χ2n) is 19.0. The quantitative estimate of drug-likeness (QED) is 0.0391. The van der Waals surface area contributed by atoms with Crippen molar-refractivity contribution in [3.05, 3.63) is 94.4 Å². The first-order valence-electron chi connectivity index (χ1n) is 23.7. The Bertz CT molecular complexity index is 2560. The van der Waals surface area contributed by atoms with Crippen LogP contribution in [-0.2, 0) is 41.4 Å². The molecule has 1 fully saturated rings. The van der Waals surface area contributed by atoms with Crippen LogP contribution in [0.1, 0.15) is 95.5 Å². The number of amides is 4. The van der Waals surface area contributed by atoms with Gasteiger partial charge in [0.1, 0.15) is 24.2 Å². The standard InChI is InChI=1S/C52H63F4N7O7S2/c1-34-45(72-32-59-34)36-16-14-35(15-17-36)30-58-47(65)42-13-12-22-62(42)48(66)46(50(2,3)4)60-44(64)31-69-25-9-8-23-68-24-10-11-26-70-43-21-20-39(28-41(43)53)63(33-71)51(5,6)49(67)61(7)38-19-18-37(29-57)40(27-38)52(54,55)56/h14-21,27-28,32-33,42,46H,8-13,22-26,30-31H2,1-7H3,(H,58,65)(H,60,64)/t42-,46+/m0/s1. The fourth-order valence-corrected chi connectivity index (χ4v) is 9.32. The van der Waals surface area contributed by atoms with E-state index in [1.165, 1.54) is 50.1 Å². The van der Waals surface area contributed by atoms with Crippen molar-refractivity contribution in [3.63, 3.8) is 0 Å². The van der Waals surface area contributed by atoms with E-state index in [0.717, 1.165) is 50.3 Å². The zero-order valence-corrected chi connectivity index (χ0v) is 43.3. The second-order valence-corrected chi connectivity index (χ2v) is 20.1. The van der Waals surface area contributed by atoms with E-state index in [-0.39, 0.29) is 42.2 Å². The molecule has 388 valence electrons. The van der Waals surface area contributed by atoms with Crippen molar-refractivity contribution in [3.8, 4) is 22.3 Å². The molecule has 2 heterocycles. The number of halogens is 4. The molecule has 0 aliphatic carbocycles. The second kappa shape index (κ2) is 25.6. The van der Waals surface area contributed by atoms with Crippen LogP contribution in [0.3, 0.4) is 0 Å². The SMILES string of the molecule is Cc1ncsc1-c1ccc(CNC(=O)[C@@H]2CCCN2C(=O)[C@@H](NC(=O)COCCCCOCCCCOc2ccc(N(C=S)C(C)(C)C(=O)N(C)c3ccc(C#N)c(C(F)(F)F)c3)cc2F)C(C)(C)C)cc1. The molecule has 0 saturated carbocycles. The van der Waals surface area contributed by atoms with Crippen LogP contribution in [0, 0.1) is 29.5 Å². The van der Waals surface area contributed by atoms with Gasteiger partial charge in [-0.15, -0.1) is 11.3 Å². The van der Waals surface area contributed by atoms with Crippen LogP contribution in [0.15, 0.2) is 66.2 Å². The Balaban J connectivity index is 0.961. The maximum absolute atomic E-state index is 15.3. The largest absolute Gasteiger partial charge is 0.491 e. The minimum Gasteiger partial charge on any atom is -0.491 e. The lowest BCUT2D eigenvalue weighted by atomic mass is 9.85. The van der Waals surface area contributed by atoms with Crippen molar-refractivity contribution in [2.75, 3.05) is 56.4 Å². The maximum atomic E-state index is 15.3. The number of thiazole rings is 1. The zero-order chi connectivity index (χ0) is 52.8. The Hall–Kier alpha value is -6.01. The lowest BCUT2D eigenvalue weighted by Crippen LogP contribution is -2.58. The Labute approximate surface area is 428 Å². The Morgan fingerprint density at radius 3 is 2.19 bits per heavy atom. The summed E-state index contributed by atoms with van der Waals surface area (Å²) in [5.41, 5.74) is 2.21. The number of likely N-dealkylation sites (tertiary alicyclic amines) is 1. The highest BCUT2D eigenvalue weighted by molar-refractivity contribution is 7.79. The lowest BCUT2D eigenvalue weighted by Gasteiger charge is -2.38. The fourth-order valence-electron chi connectivity index (χ4n) is 8.12. The third-order valence-corrected chi connectivity index (χ3v) is 13.4. The highest BCUT2D eigenvalue weighted by Crippen LogP contribution is 2.36. The number of nitriles is 1. The van der Waals surface area contributed by atoms with Crippen molar-refractivity contribution in [2.45, 2.75) is 110 Å². The molecule has 1 aromatic heterocycles. The van der Waals surface area contributed by atoms with Crippen LogP contribution < -0.4 is 25.2 Å². The van der Waals surface area contributed by atoms with E-state index in [1.807, 2.05) is 57.5 Å². The van der Waals surface area contributed by atoms with Crippen LogP contribution in [-0.4, -0.2) is 103 Å². The lowest BCUT2D eigenvalue weighted by molar-refractivity contribution is -0.144. The van der Waals surface area contributed by atoms with E-state index >= 15 is 4.39 Å². The number of nitrogens with zero attached hydrogens (tertiary/aromatic N) is 5. The number of thiocarbonyl (C=S) groups is 1. The minimum absolute atomic E-state index is 0.0196. The highest BCUT2D eigenvalue weighted by atomic mass is 32.1.